The van der Waals surface area contributed by atoms with Gasteiger partial charge in [-0.15, -0.1) is 0 Å². The van der Waals surface area contributed by atoms with Gasteiger partial charge in [-0.1, -0.05) is 36.4 Å². The summed E-state index contributed by atoms with van der Waals surface area (Å²) in [4.78, 5) is 23.2. The Hall–Kier alpha value is -2.16. The minimum absolute atomic E-state index is 0.376. The molecular formula is C14H12O3. The first-order chi connectivity index (χ1) is 8.27. The molecule has 1 aromatic rings. The smallest absolute Gasteiger partial charge is 0.346 e. The van der Waals surface area contributed by atoms with E-state index in [0.29, 0.717) is 11.1 Å². The Balaban J connectivity index is 2.02. The number of hydrogen-bond acceptors (Lipinski definition) is 3. The van der Waals surface area contributed by atoms with Gasteiger partial charge in [-0.25, -0.2) is 9.59 Å². The summed E-state index contributed by atoms with van der Waals surface area (Å²) in [7, 11) is 0. The lowest BCUT2D eigenvalue weighted by molar-refractivity contribution is -0.133. The first kappa shape index (κ1) is 11.3. The zero-order chi connectivity index (χ0) is 12.1. The molecule has 0 aliphatic heterocycles. The van der Waals surface area contributed by atoms with E-state index < -0.39 is 11.9 Å². The highest BCUT2D eigenvalue weighted by Crippen LogP contribution is 2.12. The molecule has 3 nitrogen and oxygen atoms in total. The third kappa shape index (κ3) is 2.91. The lowest BCUT2D eigenvalue weighted by atomic mass is 10.1. The first-order valence-corrected chi connectivity index (χ1v) is 5.45. The highest BCUT2D eigenvalue weighted by Gasteiger charge is 2.15. The fourth-order valence-corrected chi connectivity index (χ4v) is 1.54. The van der Waals surface area contributed by atoms with Crippen LogP contribution in [0.3, 0.4) is 0 Å². The van der Waals surface area contributed by atoms with Crippen LogP contribution in [0, 0.1) is 0 Å². The van der Waals surface area contributed by atoms with Crippen molar-refractivity contribution in [3.63, 3.8) is 0 Å². The van der Waals surface area contributed by atoms with Crippen molar-refractivity contribution in [2.75, 3.05) is 0 Å². The summed E-state index contributed by atoms with van der Waals surface area (Å²) in [6, 6.07) is 8.47. The molecule has 0 spiro atoms. The minimum Gasteiger partial charge on any atom is -0.386 e. The van der Waals surface area contributed by atoms with Crippen LogP contribution in [0.5, 0.6) is 0 Å². The fraction of sp³-hybridized carbons (Fsp3) is 0.143. The summed E-state index contributed by atoms with van der Waals surface area (Å²) in [5.74, 6) is -1.20. The van der Waals surface area contributed by atoms with Gasteiger partial charge in [-0.3, -0.25) is 0 Å². The Morgan fingerprint density at radius 2 is 1.76 bits per heavy atom. The van der Waals surface area contributed by atoms with Gasteiger partial charge in [0, 0.05) is 0 Å². The van der Waals surface area contributed by atoms with E-state index in [1.165, 1.54) is 0 Å². The summed E-state index contributed by atoms with van der Waals surface area (Å²) < 4.78 is 4.78. The standard InChI is InChI=1S/C14H12O3/c15-13(11-7-3-1-4-8-11)17-14(16)12-9-5-2-6-10-12/h1,3-5,7-10H,2,6H2. The van der Waals surface area contributed by atoms with Crippen molar-refractivity contribution in [3.05, 3.63) is 59.7 Å². The lowest BCUT2D eigenvalue weighted by Crippen LogP contribution is -2.14. The summed E-state index contributed by atoms with van der Waals surface area (Å²) in [6.07, 6.45) is 7.08. The largest absolute Gasteiger partial charge is 0.386 e. The molecule has 1 aliphatic rings. The number of rotatable bonds is 2. The topological polar surface area (TPSA) is 43.4 Å². The average molecular weight is 228 g/mol. The molecule has 2 rings (SSSR count). The molecule has 0 amide bonds. The molecule has 0 atom stereocenters. The third-order valence-corrected chi connectivity index (χ3v) is 2.43. The zero-order valence-corrected chi connectivity index (χ0v) is 9.26. The monoisotopic (exact) mass is 228 g/mol. The van der Waals surface area contributed by atoms with Gasteiger partial charge < -0.3 is 4.74 Å². The molecule has 3 heteroatoms. The number of benzene rings is 1. The number of carbonyl (C=O) groups excluding carboxylic acids is 2. The van der Waals surface area contributed by atoms with Gasteiger partial charge in [0.15, 0.2) is 0 Å². The highest BCUT2D eigenvalue weighted by atomic mass is 16.6. The molecule has 0 N–H and O–H groups in total. The predicted molar refractivity (Wildman–Crippen MR) is 63.3 cm³/mol. The molecule has 0 unspecified atom stereocenters. The van der Waals surface area contributed by atoms with Crippen molar-refractivity contribution in [1.82, 2.24) is 0 Å². The van der Waals surface area contributed by atoms with E-state index in [4.69, 9.17) is 4.74 Å². The van der Waals surface area contributed by atoms with Crippen LogP contribution in [0.4, 0.5) is 0 Å². The van der Waals surface area contributed by atoms with Gasteiger partial charge >= 0.3 is 11.9 Å². The quantitative estimate of drug-likeness (QED) is 0.577. The maximum absolute atomic E-state index is 11.6. The molecule has 1 aromatic carbocycles. The SMILES string of the molecule is O=C(OC(=O)c1ccccc1)C1=CCCC=C1. The Bertz CT molecular complexity index is 483. The molecule has 0 heterocycles. The van der Waals surface area contributed by atoms with Gasteiger partial charge in [0.2, 0.25) is 0 Å². The molecule has 0 saturated heterocycles. The lowest BCUT2D eigenvalue weighted by Gasteiger charge is -2.06. The summed E-state index contributed by atoms with van der Waals surface area (Å²) in [5, 5.41) is 0. The Morgan fingerprint density at radius 1 is 1.00 bits per heavy atom. The molecule has 0 saturated carbocycles. The van der Waals surface area contributed by atoms with E-state index in [1.54, 1.807) is 42.5 Å². The van der Waals surface area contributed by atoms with Crippen molar-refractivity contribution in [2.45, 2.75) is 12.8 Å². The van der Waals surface area contributed by atoms with E-state index in [2.05, 4.69) is 0 Å². The zero-order valence-electron chi connectivity index (χ0n) is 9.26. The van der Waals surface area contributed by atoms with Crippen molar-refractivity contribution in [1.29, 1.82) is 0 Å². The van der Waals surface area contributed by atoms with Crippen LogP contribution in [0.1, 0.15) is 23.2 Å². The van der Waals surface area contributed by atoms with Gasteiger partial charge in [0.25, 0.3) is 0 Å². The second kappa shape index (κ2) is 5.25. The molecule has 17 heavy (non-hydrogen) atoms. The van der Waals surface area contributed by atoms with Crippen LogP contribution in [0.25, 0.3) is 0 Å². The van der Waals surface area contributed by atoms with E-state index in [1.807, 2.05) is 6.08 Å². The van der Waals surface area contributed by atoms with Crippen LogP contribution in [-0.2, 0) is 9.53 Å². The van der Waals surface area contributed by atoms with Crippen molar-refractivity contribution >= 4 is 11.9 Å². The predicted octanol–water partition coefficient (Wildman–Crippen LogP) is 2.65. The molecule has 0 bridgehead atoms. The molecule has 86 valence electrons. The summed E-state index contributed by atoms with van der Waals surface area (Å²) in [6.45, 7) is 0. The highest BCUT2D eigenvalue weighted by molar-refractivity contribution is 6.03. The summed E-state index contributed by atoms with van der Waals surface area (Å²) >= 11 is 0. The first-order valence-electron chi connectivity index (χ1n) is 5.45. The van der Waals surface area contributed by atoms with E-state index in [-0.39, 0.29) is 0 Å². The number of hydrogen-bond donors (Lipinski definition) is 0. The van der Waals surface area contributed by atoms with Gasteiger partial charge in [-0.05, 0) is 25.0 Å². The third-order valence-electron chi connectivity index (χ3n) is 2.43. The van der Waals surface area contributed by atoms with Crippen LogP contribution < -0.4 is 0 Å². The van der Waals surface area contributed by atoms with E-state index in [0.717, 1.165) is 12.8 Å². The number of ether oxygens (including phenoxy) is 1. The van der Waals surface area contributed by atoms with Crippen LogP contribution in [-0.4, -0.2) is 11.9 Å². The van der Waals surface area contributed by atoms with Gasteiger partial charge in [-0.2, -0.15) is 0 Å². The van der Waals surface area contributed by atoms with Crippen LogP contribution in [0.15, 0.2) is 54.1 Å². The number of allylic oxidation sites excluding steroid dienone is 2. The van der Waals surface area contributed by atoms with Crippen LogP contribution in [0.2, 0.25) is 0 Å². The molecular weight excluding hydrogens is 216 g/mol. The second-order valence-corrected chi connectivity index (χ2v) is 3.68. The van der Waals surface area contributed by atoms with Gasteiger partial charge in [0.05, 0.1) is 11.1 Å². The average Bonchev–Trinajstić information content (AvgIpc) is 2.40. The van der Waals surface area contributed by atoms with Crippen molar-refractivity contribution < 1.29 is 14.3 Å². The normalized spacial score (nSPS) is 14.0. The van der Waals surface area contributed by atoms with Gasteiger partial charge in [0.1, 0.15) is 0 Å². The maximum atomic E-state index is 11.6. The molecule has 1 aliphatic carbocycles. The molecule has 0 fully saturated rings. The molecule has 0 aromatic heterocycles. The second-order valence-electron chi connectivity index (χ2n) is 3.68. The van der Waals surface area contributed by atoms with Crippen molar-refractivity contribution in [2.24, 2.45) is 0 Å². The van der Waals surface area contributed by atoms with E-state index >= 15 is 0 Å². The van der Waals surface area contributed by atoms with Crippen LogP contribution >= 0.6 is 0 Å². The fourth-order valence-electron chi connectivity index (χ4n) is 1.54. The maximum Gasteiger partial charge on any atom is 0.346 e. The number of esters is 2. The number of carbonyl (C=O) groups is 2. The molecule has 0 radical (unpaired) electrons. The van der Waals surface area contributed by atoms with E-state index in [9.17, 15) is 9.59 Å². The Labute approximate surface area is 99.4 Å². The minimum atomic E-state index is -0.615. The summed E-state index contributed by atoms with van der Waals surface area (Å²) in [5.41, 5.74) is 0.821. The Morgan fingerprint density at radius 3 is 2.41 bits per heavy atom. The Kier molecular flexibility index (Phi) is 3.50. The van der Waals surface area contributed by atoms with Crippen molar-refractivity contribution in [3.8, 4) is 0 Å².